The smallest absolute Gasteiger partial charge is 0.340 e. The van der Waals surface area contributed by atoms with Crippen LogP contribution in [0.2, 0.25) is 0 Å². The van der Waals surface area contributed by atoms with Crippen molar-refractivity contribution < 1.29 is 38.0 Å². The quantitative estimate of drug-likeness (QED) is 0.116. The van der Waals surface area contributed by atoms with E-state index in [1.165, 1.54) is 0 Å². The van der Waals surface area contributed by atoms with E-state index in [-0.39, 0.29) is 13.6 Å². The molecule has 0 aliphatic carbocycles. The molecule has 14 nitrogen and oxygen atoms in total. The van der Waals surface area contributed by atoms with Crippen LogP contribution in [-0.4, -0.2) is 57.8 Å². The molecule has 12 rings (SSSR count). The first-order chi connectivity index (χ1) is 33.6. The second-order valence-electron chi connectivity index (χ2n) is 15.9. The van der Waals surface area contributed by atoms with Crippen molar-refractivity contribution in [3.05, 3.63) is 182 Å². The topological polar surface area (TPSA) is 125 Å². The van der Waals surface area contributed by atoms with Crippen LogP contribution < -0.4 is 38.0 Å². The van der Waals surface area contributed by atoms with Crippen LogP contribution in [0.1, 0.15) is 0 Å². The number of aromatic nitrogens is 8. The molecule has 14 heteroatoms. The summed E-state index contributed by atoms with van der Waals surface area (Å²) < 4.78 is 34.4. The first-order valence-electron chi connectivity index (χ1n) is 21.9. The predicted octanol–water partition coefficient (Wildman–Crippen LogP) is 9.21. The van der Waals surface area contributed by atoms with Gasteiger partial charge >= 0.3 is 11.6 Å². The molecule has 0 fully saturated rings. The Morgan fingerprint density at radius 2 is 0.735 bits per heavy atom. The average Bonchev–Trinajstić information content (AvgIpc) is 4.26. The summed E-state index contributed by atoms with van der Waals surface area (Å²) in [4.78, 5) is 7.08. The van der Waals surface area contributed by atoms with Crippen LogP contribution in [0.5, 0.6) is 34.5 Å². The SMILES string of the molecule is COc1cc(-c2ccc(-[n+]3nc(-c4ccc(-c5ccc6c(c5)OCO6)cc4)nn3-c3ccccc3)c(OC)c2)ccc1-[n+]1nc(-c2ccc(-c3ccc4c(c3)OCO4)cc2)nn1-c1ccccc1. The minimum atomic E-state index is 0.230. The van der Waals surface area contributed by atoms with Crippen LogP contribution in [0.15, 0.2) is 182 Å². The molecule has 4 heterocycles. The van der Waals surface area contributed by atoms with Crippen LogP contribution in [0.25, 0.3) is 78.9 Å². The highest BCUT2D eigenvalue weighted by molar-refractivity contribution is 5.73. The maximum Gasteiger partial charge on any atom is 0.340 e. The molecule has 330 valence electrons. The molecule has 0 saturated carbocycles. The number of benzene rings is 8. The van der Waals surface area contributed by atoms with E-state index in [0.29, 0.717) is 34.5 Å². The van der Waals surface area contributed by atoms with Crippen molar-refractivity contribution in [3.8, 4) is 113 Å². The van der Waals surface area contributed by atoms with Crippen LogP contribution >= 0.6 is 0 Å². The number of methoxy groups -OCH3 is 2. The Balaban J connectivity index is 0.871. The molecule has 0 radical (unpaired) electrons. The summed E-state index contributed by atoms with van der Waals surface area (Å²) in [5.41, 5.74) is 10.7. The lowest BCUT2D eigenvalue weighted by Crippen LogP contribution is -2.43. The Labute approximate surface area is 389 Å². The molecule has 2 aliphatic heterocycles. The van der Waals surface area contributed by atoms with E-state index < -0.39 is 0 Å². The van der Waals surface area contributed by atoms with Gasteiger partial charge in [0.1, 0.15) is 11.4 Å². The Kier molecular flexibility index (Phi) is 10.0. The molecule has 0 unspecified atom stereocenters. The zero-order chi connectivity index (χ0) is 45.6. The minimum absolute atomic E-state index is 0.230. The van der Waals surface area contributed by atoms with E-state index in [1.54, 1.807) is 33.4 Å². The maximum absolute atomic E-state index is 6.08. The first kappa shape index (κ1) is 40.2. The van der Waals surface area contributed by atoms with Gasteiger partial charge in [0.15, 0.2) is 34.5 Å². The van der Waals surface area contributed by atoms with Gasteiger partial charge < -0.3 is 28.4 Å². The zero-order valence-electron chi connectivity index (χ0n) is 36.8. The summed E-state index contributed by atoms with van der Waals surface area (Å²) in [7, 11) is 3.31. The summed E-state index contributed by atoms with van der Waals surface area (Å²) >= 11 is 0. The van der Waals surface area contributed by atoms with Crippen molar-refractivity contribution in [2.75, 3.05) is 27.8 Å². The molecule has 2 aliphatic rings. The lowest BCUT2D eigenvalue weighted by Gasteiger charge is -2.11. The number of ether oxygens (including phenoxy) is 6. The molecule has 10 aromatic rings. The van der Waals surface area contributed by atoms with Crippen molar-refractivity contribution >= 4 is 0 Å². The number of para-hydroxylation sites is 2. The van der Waals surface area contributed by atoms with Crippen molar-refractivity contribution in [1.82, 2.24) is 30.0 Å². The maximum atomic E-state index is 6.08. The number of tetrazole rings is 2. The summed E-state index contributed by atoms with van der Waals surface area (Å²) in [6.45, 7) is 0.460. The van der Waals surface area contributed by atoms with Gasteiger partial charge in [-0.2, -0.15) is 0 Å². The van der Waals surface area contributed by atoms with Gasteiger partial charge in [0, 0.05) is 9.59 Å². The minimum Gasteiger partial charge on any atom is -0.492 e. The summed E-state index contributed by atoms with van der Waals surface area (Å²) in [6.07, 6.45) is 0. The van der Waals surface area contributed by atoms with Gasteiger partial charge in [-0.3, -0.25) is 0 Å². The first-order valence-corrected chi connectivity index (χ1v) is 21.9. The zero-order valence-corrected chi connectivity index (χ0v) is 36.8. The van der Waals surface area contributed by atoms with Gasteiger partial charge in [0.2, 0.25) is 25.0 Å². The van der Waals surface area contributed by atoms with Crippen LogP contribution in [0, 0.1) is 0 Å². The lowest BCUT2D eigenvalue weighted by atomic mass is 10.0. The highest BCUT2D eigenvalue weighted by Gasteiger charge is 2.29. The van der Waals surface area contributed by atoms with Gasteiger partial charge in [0.25, 0.3) is 0 Å². The molecular weight excluding hydrogens is 857 g/mol. The van der Waals surface area contributed by atoms with E-state index in [4.69, 9.17) is 48.8 Å². The number of fused-ring (bicyclic) bond motifs is 2. The molecule has 2 aromatic heterocycles. The van der Waals surface area contributed by atoms with E-state index in [0.717, 1.165) is 78.9 Å². The van der Waals surface area contributed by atoms with Crippen LogP contribution in [0.3, 0.4) is 0 Å². The summed E-state index contributed by atoms with van der Waals surface area (Å²) in [6, 6.07) is 60.0. The Morgan fingerprint density at radius 3 is 1.15 bits per heavy atom. The molecular formula is C54H40N8O6+2. The van der Waals surface area contributed by atoms with Crippen molar-refractivity contribution in [2.45, 2.75) is 0 Å². The second kappa shape index (κ2) is 16.9. The Bertz CT molecular complexity index is 3260. The molecule has 8 aromatic carbocycles. The third-order valence-corrected chi connectivity index (χ3v) is 11.9. The summed E-state index contributed by atoms with van der Waals surface area (Å²) in [5.74, 6) is 5.25. The third-order valence-electron chi connectivity index (χ3n) is 11.9. The monoisotopic (exact) mass is 896 g/mol. The summed E-state index contributed by atoms with van der Waals surface area (Å²) in [5, 5.41) is 20.1. The highest BCUT2D eigenvalue weighted by Crippen LogP contribution is 2.38. The fraction of sp³-hybridized carbons (Fsp3) is 0.0741. The number of hydrogen-bond donors (Lipinski definition) is 0. The standard InChI is InChI=1S/C54H40N8O6/c1-63-49-29-41(21-25-45(49)61-57-53(55-59(61)43-9-5-3-6-10-43)37-17-13-35(14-18-37)39-23-27-47-51(31-39)67-33-65-47)42-22-26-46(50(30-42)64-2)62-58-54(56-60(62)44-11-7-4-8-12-44)38-19-15-36(16-20-38)40-24-28-48-52(32-40)68-34-66-48/h3-32H,33-34H2,1-2H3/q+2. The van der Waals surface area contributed by atoms with Crippen LogP contribution in [0.4, 0.5) is 0 Å². The number of hydrogen-bond acceptors (Lipinski definition) is 10. The Morgan fingerprint density at radius 1 is 0.382 bits per heavy atom. The van der Waals surface area contributed by atoms with Gasteiger partial charge in [0.05, 0.1) is 35.5 Å². The van der Waals surface area contributed by atoms with Crippen molar-refractivity contribution in [1.29, 1.82) is 0 Å². The van der Waals surface area contributed by atoms with Gasteiger partial charge in [-0.25, -0.2) is 0 Å². The largest absolute Gasteiger partial charge is 0.492 e. The van der Waals surface area contributed by atoms with Crippen molar-refractivity contribution in [2.24, 2.45) is 0 Å². The molecule has 0 N–H and O–H groups in total. The fourth-order valence-electron chi connectivity index (χ4n) is 8.39. The third kappa shape index (κ3) is 7.35. The van der Waals surface area contributed by atoms with E-state index in [1.807, 2.05) is 158 Å². The second-order valence-corrected chi connectivity index (χ2v) is 15.9. The molecule has 0 spiro atoms. The number of nitrogens with zero attached hydrogens (tertiary/aromatic N) is 8. The van der Waals surface area contributed by atoms with Crippen molar-refractivity contribution in [3.63, 3.8) is 0 Å². The molecule has 0 amide bonds. The normalized spacial score (nSPS) is 12.3. The number of rotatable bonds is 11. The predicted molar refractivity (Wildman–Crippen MR) is 252 cm³/mol. The van der Waals surface area contributed by atoms with E-state index in [2.05, 4.69) is 24.3 Å². The highest BCUT2D eigenvalue weighted by atomic mass is 16.7. The van der Waals surface area contributed by atoms with E-state index in [9.17, 15) is 0 Å². The van der Waals surface area contributed by atoms with Crippen LogP contribution in [-0.2, 0) is 0 Å². The van der Waals surface area contributed by atoms with Gasteiger partial charge in [-0.1, -0.05) is 72.8 Å². The molecule has 0 saturated heterocycles. The molecule has 0 bridgehead atoms. The van der Waals surface area contributed by atoms with Gasteiger partial charge in [-0.15, -0.1) is 0 Å². The van der Waals surface area contributed by atoms with E-state index >= 15 is 0 Å². The average molecular weight is 897 g/mol. The van der Waals surface area contributed by atoms with Gasteiger partial charge in [-0.05, 0) is 162 Å². The Hall–Kier alpha value is -9.30. The lowest BCUT2D eigenvalue weighted by molar-refractivity contribution is -0.734. The molecule has 0 atom stereocenters. The molecule has 68 heavy (non-hydrogen) atoms. The fourth-order valence-corrected chi connectivity index (χ4v) is 8.39.